The monoisotopic (exact) mass is 297 g/mol. The molecular formula is C17H35N3O. The van der Waals surface area contributed by atoms with Gasteiger partial charge in [-0.3, -0.25) is 4.79 Å². The smallest absolute Gasteiger partial charge is 0.237 e. The highest BCUT2D eigenvalue weighted by Gasteiger charge is 2.29. The highest BCUT2D eigenvalue weighted by Crippen LogP contribution is 2.20. The van der Waals surface area contributed by atoms with E-state index in [9.17, 15) is 4.79 Å². The number of nitrogens with one attached hydrogen (secondary N) is 1. The minimum Gasteiger partial charge on any atom is -0.368 e. The number of likely N-dealkylation sites (N-methyl/N-ethyl adjacent to an activating group) is 1. The molecule has 2 unspecified atom stereocenters. The first-order valence-corrected chi connectivity index (χ1v) is 8.82. The van der Waals surface area contributed by atoms with Gasteiger partial charge in [-0.05, 0) is 65.1 Å². The van der Waals surface area contributed by atoms with Gasteiger partial charge in [-0.1, -0.05) is 26.7 Å². The van der Waals surface area contributed by atoms with E-state index in [4.69, 9.17) is 5.73 Å². The summed E-state index contributed by atoms with van der Waals surface area (Å²) in [7, 11) is 0. The minimum absolute atomic E-state index is 0.231. The molecule has 2 atom stereocenters. The summed E-state index contributed by atoms with van der Waals surface area (Å²) in [6.45, 7) is 9.45. The van der Waals surface area contributed by atoms with E-state index in [0.29, 0.717) is 0 Å². The largest absolute Gasteiger partial charge is 0.368 e. The van der Waals surface area contributed by atoms with Crippen molar-refractivity contribution in [1.29, 1.82) is 0 Å². The molecule has 1 amide bonds. The lowest BCUT2D eigenvalue weighted by Crippen LogP contribution is -2.53. The molecule has 0 saturated carbocycles. The molecule has 0 aromatic rings. The molecule has 4 nitrogen and oxygen atoms in total. The van der Waals surface area contributed by atoms with Gasteiger partial charge >= 0.3 is 0 Å². The molecule has 1 rings (SSSR count). The summed E-state index contributed by atoms with van der Waals surface area (Å²) >= 11 is 0. The lowest BCUT2D eigenvalue weighted by molar-refractivity contribution is -0.124. The number of primary amides is 1. The van der Waals surface area contributed by atoms with Crippen LogP contribution in [0.25, 0.3) is 0 Å². The quantitative estimate of drug-likeness (QED) is 0.643. The Labute approximate surface area is 130 Å². The Morgan fingerprint density at radius 1 is 1.29 bits per heavy atom. The summed E-state index contributed by atoms with van der Waals surface area (Å²) in [5, 5.41) is 3.24. The van der Waals surface area contributed by atoms with Crippen molar-refractivity contribution in [2.45, 2.75) is 83.7 Å². The SMILES string of the molecule is CCNC(C)(CCCCN1CCCCCC1CC)C(N)=O. The van der Waals surface area contributed by atoms with Gasteiger partial charge in [0.15, 0.2) is 0 Å². The van der Waals surface area contributed by atoms with Gasteiger partial charge in [0.05, 0.1) is 5.54 Å². The van der Waals surface area contributed by atoms with Crippen molar-refractivity contribution in [3.8, 4) is 0 Å². The van der Waals surface area contributed by atoms with E-state index in [1.165, 1.54) is 45.2 Å². The molecule has 4 heteroatoms. The Morgan fingerprint density at radius 2 is 2.05 bits per heavy atom. The molecule has 0 radical (unpaired) electrons. The van der Waals surface area contributed by atoms with Crippen molar-refractivity contribution in [2.24, 2.45) is 5.73 Å². The summed E-state index contributed by atoms with van der Waals surface area (Å²) in [6.07, 6.45) is 9.77. The average Bonchev–Trinajstić information content (AvgIpc) is 2.68. The van der Waals surface area contributed by atoms with Crippen molar-refractivity contribution >= 4 is 5.91 Å². The zero-order valence-corrected chi connectivity index (χ0v) is 14.3. The maximum absolute atomic E-state index is 11.6. The van der Waals surface area contributed by atoms with Crippen molar-refractivity contribution in [1.82, 2.24) is 10.2 Å². The molecule has 21 heavy (non-hydrogen) atoms. The van der Waals surface area contributed by atoms with Crippen LogP contribution in [0.3, 0.4) is 0 Å². The zero-order valence-electron chi connectivity index (χ0n) is 14.3. The van der Waals surface area contributed by atoms with E-state index in [0.717, 1.165) is 31.8 Å². The number of hydrogen-bond donors (Lipinski definition) is 2. The molecule has 0 aliphatic carbocycles. The summed E-state index contributed by atoms with van der Waals surface area (Å²) in [6, 6.07) is 0.767. The number of rotatable bonds is 9. The van der Waals surface area contributed by atoms with Crippen molar-refractivity contribution in [2.75, 3.05) is 19.6 Å². The van der Waals surface area contributed by atoms with Gasteiger partial charge in [0, 0.05) is 6.04 Å². The highest BCUT2D eigenvalue weighted by atomic mass is 16.1. The van der Waals surface area contributed by atoms with Gasteiger partial charge in [-0.25, -0.2) is 0 Å². The Bertz CT molecular complexity index is 308. The number of carbonyl (C=O) groups excluding carboxylic acids is 1. The standard InChI is InChI=1S/C17H35N3O/c1-4-15-11-7-6-9-13-20(15)14-10-8-12-17(3,16(18)21)19-5-2/h15,19H,4-14H2,1-3H3,(H2,18,21). The first-order chi connectivity index (χ1) is 10.0. The maximum Gasteiger partial charge on any atom is 0.237 e. The Kier molecular flexibility index (Phi) is 8.27. The van der Waals surface area contributed by atoms with E-state index < -0.39 is 5.54 Å². The molecule has 3 N–H and O–H groups in total. The summed E-state index contributed by atoms with van der Waals surface area (Å²) < 4.78 is 0. The third kappa shape index (κ3) is 5.95. The van der Waals surface area contributed by atoms with Crippen LogP contribution in [0.5, 0.6) is 0 Å². The fourth-order valence-corrected chi connectivity index (χ4v) is 3.48. The number of hydrogen-bond acceptors (Lipinski definition) is 3. The molecule has 1 fully saturated rings. The van der Waals surface area contributed by atoms with E-state index in [2.05, 4.69) is 17.1 Å². The molecule has 124 valence electrons. The fourth-order valence-electron chi connectivity index (χ4n) is 3.48. The second-order valence-electron chi connectivity index (χ2n) is 6.63. The number of nitrogens with zero attached hydrogens (tertiary/aromatic N) is 1. The van der Waals surface area contributed by atoms with Crippen LogP contribution in [0.2, 0.25) is 0 Å². The molecule has 1 aliphatic heterocycles. The van der Waals surface area contributed by atoms with E-state index in [1.807, 2.05) is 13.8 Å². The number of unbranched alkanes of at least 4 members (excludes halogenated alkanes) is 1. The molecule has 0 aromatic carbocycles. The van der Waals surface area contributed by atoms with Crippen LogP contribution >= 0.6 is 0 Å². The lowest BCUT2D eigenvalue weighted by atomic mass is 9.93. The maximum atomic E-state index is 11.6. The normalized spacial score (nSPS) is 23.5. The van der Waals surface area contributed by atoms with Gasteiger partial charge in [-0.2, -0.15) is 0 Å². The van der Waals surface area contributed by atoms with Crippen LogP contribution in [0.1, 0.15) is 72.1 Å². The van der Waals surface area contributed by atoms with E-state index in [-0.39, 0.29) is 5.91 Å². The second-order valence-corrected chi connectivity index (χ2v) is 6.63. The Morgan fingerprint density at radius 3 is 2.67 bits per heavy atom. The van der Waals surface area contributed by atoms with Crippen molar-refractivity contribution in [3.05, 3.63) is 0 Å². The van der Waals surface area contributed by atoms with Crippen LogP contribution in [-0.4, -0.2) is 42.0 Å². The Balaban J connectivity index is 2.35. The molecule has 1 heterocycles. The topological polar surface area (TPSA) is 58.4 Å². The van der Waals surface area contributed by atoms with Gasteiger partial charge in [0.2, 0.25) is 5.91 Å². The van der Waals surface area contributed by atoms with Crippen LogP contribution < -0.4 is 11.1 Å². The number of likely N-dealkylation sites (tertiary alicyclic amines) is 1. The number of nitrogens with two attached hydrogens (primary N) is 1. The summed E-state index contributed by atoms with van der Waals surface area (Å²) in [5.41, 5.74) is 4.99. The van der Waals surface area contributed by atoms with Gasteiger partial charge in [0.25, 0.3) is 0 Å². The zero-order chi connectivity index (χ0) is 15.7. The molecule has 1 saturated heterocycles. The van der Waals surface area contributed by atoms with E-state index >= 15 is 0 Å². The van der Waals surface area contributed by atoms with Gasteiger partial charge in [-0.15, -0.1) is 0 Å². The first kappa shape index (κ1) is 18.4. The minimum atomic E-state index is -0.544. The van der Waals surface area contributed by atoms with Crippen molar-refractivity contribution in [3.63, 3.8) is 0 Å². The summed E-state index contributed by atoms with van der Waals surface area (Å²) in [4.78, 5) is 14.3. The fraction of sp³-hybridized carbons (Fsp3) is 0.941. The van der Waals surface area contributed by atoms with Gasteiger partial charge in [0.1, 0.15) is 0 Å². The highest BCUT2D eigenvalue weighted by molar-refractivity contribution is 5.84. The van der Waals surface area contributed by atoms with Crippen LogP contribution in [0, 0.1) is 0 Å². The molecule has 0 aromatic heterocycles. The number of amides is 1. The second kappa shape index (κ2) is 9.42. The van der Waals surface area contributed by atoms with Crippen LogP contribution in [0.4, 0.5) is 0 Å². The van der Waals surface area contributed by atoms with Gasteiger partial charge < -0.3 is 16.0 Å². The molecular weight excluding hydrogens is 262 g/mol. The molecule has 0 bridgehead atoms. The molecule has 1 aliphatic rings. The Hall–Kier alpha value is -0.610. The third-order valence-electron chi connectivity index (χ3n) is 4.95. The summed E-state index contributed by atoms with van der Waals surface area (Å²) in [5.74, 6) is -0.231. The predicted octanol–water partition coefficient (Wildman–Crippen LogP) is 2.66. The average molecular weight is 297 g/mol. The van der Waals surface area contributed by atoms with Crippen LogP contribution in [-0.2, 0) is 4.79 Å². The predicted molar refractivity (Wildman–Crippen MR) is 89.2 cm³/mol. The van der Waals surface area contributed by atoms with Crippen LogP contribution in [0.15, 0.2) is 0 Å². The van der Waals surface area contributed by atoms with Crippen molar-refractivity contribution < 1.29 is 4.79 Å². The number of carbonyl (C=O) groups is 1. The molecule has 0 spiro atoms. The third-order valence-corrected chi connectivity index (χ3v) is 4.95. The van der Waals surface area contributed by atoms with E-state index in [1.54, 1.807) is 0 Å². The first-order valence-electron chi connectivity index (χ1n) is 8.82. The lowest BCUT2D eigenvalue weighted by Gasteiger charge is -2.30.